The van der Waals surface area contributed by atoms with Crippen molar-refractivity contribution in [3.05, 3.63) is 35.4 Å². The third kappa shape index (κ3) is 5.71. The summed E-state index contributed by atoms with van der Waals surface area (Å²) in [5.74, 6) is 0.646. The van der Waals surface area contributed by atoms with Crippen LogP contribution in [0.5, 0.6) is 0 Å². The van der Waals surface area contributed by atoms with Crippen LogP contribution in [0, 0.1) is 12.8 Å². The summed E-state index contributed by atoms with van der Waals surface area (Å²) in [6.45, 7) is 17.1. The van der Waals surface area contributed by atoms with E-state index in [0.29, 0.717) is 12.0 Å². The zero-order chi connectivity index (χ0) is 20.3. The number of piperazine rings is 1. The minimum Gasteiger partial charge on any atom is -0.444 e. The van der Waals surface area contributed by atoms with Crippen molar-refractivity contribution in [3.63, 3.8) is 0 Å². The van der Waals surface area contributed by atoms with Gasteiger partial charge in [0.1, 0.15) is 5.60 Å². The van der Waals surface area contributed by atoms with Gasteiger partial charge in [0, 0.05) is 45.3 Å². The number of carbonyl (C=O) groups is 1. The van der Waals surface area contributed by atoms with Crippen molar-refractivity contribution in [2.45, 2.75) is 59.2 Å². The van der Waals surface area contributed by atoms with E-state index in [1.54, 1.807) is 0 Å². The molecule has 2 aliphatic heterocycles. The summed E-state index contributed by atoms with van der Waals surface area (Å²) in [4.78, 5) is 19.3. The Morgan fingerprint density at radius 2 is 1.71 bits per heavy atom. The average molecular weight is 388 g/mol. The Bertz CT molecular complexity index is 645. The molecule has 5 nitrogen and oxygen atoms in total. The lowest BCUT2D eigenvalue weighted by atomic mass is 9.91. The van der Waals surface area contributed by atoms with Crippen molar-refractivity contribution in [2.24, 2.45) is 5.92 Å². The molecule has 2 unspecified atom stereocenters. The number of amides is 1. The normalized spacial score (nSPS) is 25.0. The third-order valence-corrected chi connectivity index (χ3v) is 5.91. The van der Waals surface area contributed by atoms with Gasteiger partial charge in [0.2, 0.25) is 0 Å². The monoisotopic (exact) mass is 387 g/mol. The summed E-state index contributed by atoms with van der Waals surface area (Å²) in [6, 6.07) is 9.53. The zero-order valence-corrected chi connectivity index (χ0v) is 18.3. The van der Waals surface area contributed by atoms with Gasteiger partial charge in [0.15, 0.2) is 0 Å². The van der Waals surface area contributed by atoms with Crippen LogP contribution in [0.2, 0.25) is 0 Å². The molecule has 0 bridgehead atoms. The number of likely N-dealkylation sites (tertiary alicyclic amines) is 1. The number of piperidine rings is 1. The number of ether oxygens (including phenoxy) is 1. The predicted molar refractivity (Wildman–Crippen MR) is 113 cm³/mol. The fraction of sp³-hybridized carbons (Fsp3) is 0.696. The molecule has 0 saturated carbocycles. The van der Waals surface area contributed by atoms with Gasteiger partial charge in [-0.2, -0.15) is 0 Å². The van der Waals surface area contributed by atoms with E-state index in [1.807, 2.05) is 25.7 Å². The SMILES string of the molecule is Cc1ccc(CN2CCC(N3CCN(C(=O)OC(C)(C)C)CC3)C(C)C2)cc1. The molecule has 5 heteroatoms. The van der Waals surface area contributed by atoms with Crippen molar-refractivity contribution in [2.75, 3.05) is 39.3 Å². The highest BCUT2D eigenvalue weighted by atomic mass is 16.6. The molecule has 2 heterocycles. The van der Waals surface area contributed by atoms with E-state index in [0.717, 1.165) is 45.8 Å². The molecule has 3 rings (SSSR count). The molecule has 156 valence electrons. The highest BCUT2D eigenvalue weighted by Gasteiger charge is 2.34. The lowest BCUT2D eigenvalue weighted by Crippen LogP contribution is -2.57. The number of hydrogen-bond acceptors (Lipinski definition) is 4. The Morgan fingerprint density at radius 3 is 2.29 bits per heavy atom. The van der Waals surface area contributed by atoms with Gasteiger partial charge in [0.25, 0.3) is 0 Å². The molecule has 2 saturated heterocycles. The molecule has 1 aromatic carbocycles. The van der Waals surface area contributed by atoms with E-state index >= 15 is 0 Å². The van der Waals surface area contributed by atoms with E-state index in [9.17, 15) is 4.79 Å². The summed E-state index contributed by atoms with van der Waals surface area (Å²) in [5, 5.41) is 0. The summed E-state index contributed by atoms with van der Waals surface area (Å²) >= 11 is 0. The summed E-state index contributed by atoms with van der Waals surface area (Å²) < 4.78 is 5.52. The van der Waals surface area contributed by atoms with Crippen molar-refractivity contribution >= 4 is 6.09 Å². The summed E-state index contributed by atoms with van der Waals surface area (Å²) in [5.41, 5.74) is 2.30. The predicted octanol–water partition coefficient (Wildman–Crippen LogP) is 3.76. The fourth-order valence-electron chi connectivity index (χ4n) is 4.42. The Balaban J connectivity index is 1.46. The summed E-state index contributed by atoms with van der Waals surface area (Å²) in [6.07, 6.45) is 1.03. The van der Waals surface area contributed by atoms with Gasteiger partial charge >= 0.3 is 6.09 Å². The third-order valence-electron chi connectivity index (χ3n) is 5.91. The van der Waals surface area contributed by atoms with Gasteiger partial charge in [-0.3, -0.25) is 9.80 Å². The van der Waals surface area contributed by atoms with E-state index in [2.05, 4.69) is 47.9 Å². The molecule has 28 heavy (non-hydrogen) atoms. The van der Waals surface area contributed by atoms with E-state index in [1.165, 1.54) is 17.5 Å². The highest BCUT2D eigenvalue weighted by Crippen LogP contribution is 2.25. The van der Waals surface area contributed by atoms with Crippen LogP contribution in [0.3, 0.4) is 0 Å². The first-order chi connectivity index (χ1) is 13.2. The van der Waals surface area contributed by atoms with Gasteiger partial charge < -0.3 is 9.64 Å². The maximum atomic E-state index is 12.3. The second-order valence-electron chi connectivity index (χ2n) is 9.56. The molecule has 1 aromatic rings. The quantitative estimate of drug-likeness (QED) is 0.791. The van der Waals surface area contributed by atoms with Crippen molar-refractivity contribution in [3.8, 4) is 0 Å². The molecule has 1 amide bonds. The lowest BCUT2D eigenvalue weighted by Gasteiger charge is -2.45. The molecular formula is C23H37N3O2. The van der Waals surface area contributed by atoms with Crippen LogP contribution in [0.1, 0.15) is 45.2 Å². The minimum atomic E-state index is -0.424. The van der Waals surface area contributed by atoms with Crippen LogP contribution in [0.15, 0.2) is 24.3 Å². The van der Waals surface area contributed by atoms with Gasteiger partial charge in [-0.05, 0) is 52.1 Å². The number of rotatable bonds is 3. The molecule has 2 atom stereocenters. The molecule has 0 aromatic heterocycles. The first kappa shape index (κ1) is 21.1. The molecule has 0 N–H and O–H groups in total. The van der Waals surface area contributed by atoms with Crippen molar-refractivity contribution in [1.29, 1.82) is 0 Å². The van der Waals surface area contributed by atoms with Crippen LogP contribution in [-0.2, 0) is 11.3 Å². The van der Waals surface area contributed by atoms with Crippen LogP contribution >= 0.6 is 0 Å². The van der Waals surface area contributed by atoms with Crippen LogP contribution in [-0.4, -0.2) is 71.7 Å². The summed E-state index contributed by atoms with van der Waals surface area (Å²) in [7, 11) is 0. The van der Waals surface area contributed by atoms with Crippen molar-refractivity contribution in [1.82, 2.24) is 14.7 Å². The first-order valence-electron chi connectivity index (χ1n) is 10.7. The van der Waals surface area contributed by atoms with Crippen LogP contribution in [0.25, 0.3) is 0 Å². The van der Waals surface area contributed by atoms with E-state index in [-0.39, 0.29) is 6.09 Å². The largest absolute Gasteiger partial charge is 0.444 e. The topological polar surface area (TPSA) is 36.0 Å². The number of nitrogens with zero attached hydrogens (tertiary/aromatic N) is 3. The zero-order valence-electron chi connectivity index (χ0n) is 18.3. The number of carbonyl (C=O) groups excluding carboxylic acids is 1. The Kier molecular flexibility index (Phi) is 6.66. The average Bonchev–Trinajstić information content (AvgIpc) is 2.63. The minimum absolute atomic E-state index is 0.173. The van der Waals surface area contributed by atoms with Gasteiger partial charge in [-0.1, -0.05) is 36.8 Å². The number of hydrogen-bond donors (Lipinski definition) is 0. The molecular weight excluding hydrogens is 350 g/mol. The molecule has 0 aliphatic carbocycles. The maximum Gasteiger partial charge on any atom is 0.410 e. The highest BCUT2D eigenvalue weighted by molar-refractivity contribution is 5.68. The Labute approximate surface area is 170 Å². The molecule has 0 radical (unpaired) electrons. The number of benzene rings is 1. The number of aryl methyl sites for hydroxylation is 1. The lowest BCUT2D eigenvalue weighted by molar-refractivity contribution is -0.00230. The smallest absolute Gasteiger partial charge is 0.410 e. The van der Waals surface area contributed by atoms with E-state index in [4.69, 9.17) is 4.74 Å². The second-order valence-corrected chi connectivity index (χ2v) is 9.56. The maximum absolute atomic E-state index is 12.3. The Morgan fingerprint density at radius 1 is 1.07 bits per heavy atom. The van der Waals surface area contributed by atoms with E-state index < -0.39 is 5.60 Å². The van der Waals surface area contributed by atoms with Crippen molar-refractivity contribution < 1.29 is 9.53 Å². The molecule has 2 fully saturated rings. The van der Waals surface area contributed by atoms with Gasteiger partial charge in [0.05, 0.1) is 0 Å². The Hall–Kier alpha value is -1.59. The fourth-order valence-corrected chi connectivity index (χ4v) is 4.42. The van der Waals surface area contributed by atoms with Gasteiger partial charge in [-0.25, -0.2) is 4.79 Å². The second kappa shape index (κ2) is 8.83. The standard InChI is InChI=1S/C23H37N3O2/c1-18-6-8-20(9-7-18)17-24-11-10-21(19(2)16-24)25-12-14-26(15-13-25)22(27)28-23(3,4)5/h6-9,19,21H,10-17H2,1-5H3. The van der Waals surface area contributed by atoms with Gasteiger partial charge in [-0.15, -0.1) is 0 Å². The van der Waals surface area contributed by atoms with Crippen LogP contribution in [0.4, 0.5) is 4.79 Å². The van der Waals surface area contributed by atoms with Crippen LogP contribution < -0.4 is 0 Å². The molecule has 2 aliphatic rings. The first-order valence-corrected chi connectivity index (χ1v) is 10.7. The molecule has 0 spiro atoms.